The second-order valence-corrected chi connectivity index (χ2v) is 21.5. The quantitative estimate of drug-likeness (QED) is 0.0334. The van der Waals surface area contributed by atoms with Gasteiger partial charge in [-0.1, -0.05) is 271 Å². The van der Waals surface area contributed by atoms with Crippen LogP contribution in [0.2, 0.25) is 0 Å². The summed E-state index contributed by atoms with van der Waals surface area (Å²) in [6, 6.07) is 0. The van der Waals surface area contributed by atoms with Crippen molar-refractivity contribution >= 4 is 61.6 Å². The number of hydrogen-bond donors (Lipinski definition) is 0. The Morgan fingerprint density at radius 2 is 0.451 bits per heavy atom. The van der Waals surface area contributed by atoms with Crippen molar-refractivity contribution in [1.29, 1.82) is 0 Å². The molecular formula is C62H118CaO8. The Balaban J connectivity index is -0.00000128. The van der Waals surface area contributed by atoms with Gasteiger partial charge in [-0.2, -0.15) is 0 Å². The molecule has 0 aromatic rings. The molecule has 0 fully saturated rings. The number of carboxylic acids is 2. The summed E-state index contributed by atoms with van der Waals surface area (Å²) >= 11 is 0. The molecular weight excluding hydrogens is 913 g/mol. The maximum Gasteiger partial charge on any atom is 2.00 e. The largest absolute Gasteiger partial charge is 2.00 e. The summed E-state index contributed by atoms with van der Waals surface area (Å²) in [5.41, 5.74) is 0. The molecule has 0 aliphatic heterocycles. The van der Waals surface area contributed by atoms with Crippen molar-refractivity contribution in [2.24, 2.45) is 0 Å². The van der Waals surface area contributed by atoms with Crippen LogP contribution in [-0.2, 0) is 28.7 Å². The van der Waals surface area contributed by atoms with Crippen molar-refractivity contribution in [3.05, 3.63) is 0 Å². The zero-order chi connectivity index (χ0) is 51.6. The molecule has 8 nitrogen and oxygen atoms in total. The molecule has 416 valence electrons. The van der Waals surface area contributed by atoms with E-state index in [2.05, 4.69) is 13.8 Å². The SMILES string of the molecule is CCCCCCCCCCCCC(=O)OC(C)CCCCCCCCCCCCCCCC(=O)[O-].CCCCCCCCCCCCC(=O)OC(C)CCCCCCCCCCCCCCCC(=O)[O-].[Ca+2]. The van der Waals surface area contributed by atoms with Crippen LogP contribution in [0.1, 0.15) is 362 Å². The Bertz CT molecular complexity index is 1020. The van der Waals surface area contributed by atoms with Gasteiger partial charge in [0.15, 0.2) is 0 Å². The van der Waals surface area contributed by atoms with Gasteiger partial charge in [-0.15, -0.1) is 0 Å². The number of hydrogen-bond acceptors (Lipinski definition) is 8. The Morgan fingerprint density at radius 3 is 0.648 bits per heavy atom. The number of carbonyl (C=O) groups excluding carboxylic acids is 4. The minimum atomic E-state index is -0.919. The number of ether oxygens (including phenoxy) is 2. The van der Waals surface area contributed by atoms with E-state index in [1.807, 2.05) is 13.8 Å². The van der Waals surface area contributed by atoms with E-state index in [0.717, 1.165) is 89.9 Å². The average Bonchev–Trinajstić information content (AvgIpc) is 3.32. The predicted molar refractivity (Wildman–Crippen MR) is 298 cm³/mol. The molecule has 0 saturated heterocycles. The van der Waals surface area contributed by atoms with Crippen LogP contribution in [0.3, 0.4) is 0 Å². The molecule has 0 aliphatic carbocycles. The predicted octanol–water partition coefficient (Wildman–Crippen LogP) is 17.3. The summed E-state index contributed by atoms with van der Waals surface area (Å²) < 4.78 is 11.2. The molecule has 0 rings (SSSR count). The molecule has 71 heavy (non-hydrogen) atoms. The molecule has 0 amide bonds. The van der Waals surface area contributed by atoms with Crippen molar-refractivity contribution in [2.45, 2.75) is 374 Å². The molecule has 0 aromatic carbocycles. The minimum absolute atomic E-state index is 0. The summed E-state index contributed by atoms with van der Waals surface area (Å²) in [6.45, 7) is 8.60. The third-order valence-electron chi connectivity index (χ3n) is 14.1. The van der Waals surface area contributed by atoms with E-state index in [1.165, 1.54) is 218 Å². The Morgan fingerprint density at radius 1 is 0.282 bits per heavy atom. The van der Waals surface area contributed by atoms with Crippen molar-refractivity contribution in [1.82, 2.24) is 0 Å². The molecule has 0 N–H and O–H groups in total. The van der Waals surface area contributed by atoms with E-state index in [-0.39, 0.29) is 74.7 Å². The summed E-state index contributed by atoms with van der Waals surface area (Å²) in [7, 11) is 0. The molecule has 0 aromatic heterocycles. The second kappa shape index (κ2) is 63.4. The van der Waals surface area contributed by atoms with Gasteiger partial charge in [0, 0.05) is 24.8 Å². The van der Waals surface area contributed by atoms with Crippen LogP contribution in [0.5, 0.6) is 0 Å². The zero-order valence-corrected chi connectivity index (χ0v) is 50.1. The first kappa shape index (κ1) is 74.4. The smallest absolute Gasteiger partial charge is 0.550 e. The number of aliphatic carboxylic acids is 2. The van der Waals surface area contributed by atoms with E-state index in [0.29, 0.717) is 12.8 Å². The zero-order valence-electron chi connectivity index (χ0n) is 47.9. The van der Waals surface area contributed by atoms with Crippen LogP contribution in [0.25, 0.3) is 0 Å². The fraction of sp³-hybridized carbons (Fsp3) is 0.935. The van der Waals surface area contributed by atoms with Crippen molar-refractivity contribution in [3.8, 4) is 0 Å². The molecule has 0 spiro atoms. The van der Waals surface area contributed by atoms with Gasteiger partial charge in [-0.25, -0.2) is 0 Å². The van der Waals surface area contributed by atoms with E-state index >= 15 is 0 Å². The number of carbonyl (C=O) groups is 4. The van der Waals surface area contributed by atoms with Gasteiger partial charge in [0.2, 0.25) is 0 Å². The Kier molecular flexibility index (Phi) is 66.5. The standard InChI is InChI=1S/2C31H60O4.Ca/c2*1-3-4-5-6-7-8-16-19-22-25-28-31(34)35-29(2)26-23-20-17-14-12-10-9-11-13-15-18-21-24-27-30(32)33;/h2*29H,3-28H2,1-2H3,(H,32,33);/q;;+2/p-2. The Labute approximate surface area is 471 Å². The normalized spacial score (nSPS) is 11.9. The topological polar surface area (TPSA) is 133 Å². The molecule has 0 heterocycles. The van der Waals surface area contributed by atoms with Crippen molar-refractivity contribution in [3.63, 3.8) is 0 Å². The van der Waals surface area contributed by atoms with Crippen LogP contribution in [0.4, 0.5) is 0 Å². The van der Waals surface area contributed by atoms with Gasteiger partial charge in [0.1, 0.15) is 0 Å². The third-order valence-corrected chi connectivity index (χ3v) is 14.1. The number of unbranched alkanes of at least 4 members (excludes halogenated alkanes) is 42. The third kappa shape index (κ3) is 69.1. The Hall–Kier alpha value is -0.860. The monoisotopic (exact) mass is 1030 g/mol. The van der Waals surface area contributed by atoms with Crippen LogP contribution >= 0.6 is 0 Å². The van der Waals surface area contributed by atoms with Crippen LogP contribution in [0, 0.1) is 0 Å². The summed E-state index contributed by atoms with van der Waals surface area (Å²) in [5.74, 6) is -1.85. The number of carboxylic acid groups (broad SMARTS) is 2. The maximum absolute atomic E-state index is 12.0. The minimum Gasteiger partial charge on any atom is -0.550 e. The van der Waals surface area contributed by atoms with Gasteiger partial charge in [-0.3, -0.25) is 9.59 Å². The van der Waals surface area contributed by atoms with Gasteiger partial charge in [0.25, 0.3) is 0 Å². The summed E-state index contributed by atoms with van der Waals surface area (Å²) in [4.78, 5) is 44.7. The molecule has 0 saturated carbocycles. The summed E-state index contributed by atoms with van der Waals surface area (Å²) in [6.07, 6.45) is 61.0. The van der Waals surface area contributed by atoms with E-state index in [9.17, 15) is 29.4 Å². The first-order valence-electron chi connectivity index (χ1n) is 30.9. The van der Waals surface area contributed by atoms with Gasteiger partial charge in [0.05, 0.1) is 12.2 Å². The van der Waals surface area contributed by atoms with Crippen molar-refractivity contribution in [2.75, 3.05) is 0 Å². The van der Waals surface area contributed by atoms with Crippen LogP contribution in [-0.4, -0.2) is 73.8 Å². The van der Waals surface area contributed by atoms with Gasteiger partial charge < -0.3 is 29.3 Å². The van der Waals surface area contributed by atoms with Crippen LogP contribution in [0.15, 0.2) is 0 Å². The fourth-order valence-corrected chi connectivity index (χ4v) is 9.49. The molecule has 0 aliphatic rings. The molecule has 9 heteroatoms. The summed E-state index contributed by atoms with van der Waals surface area (Å²) in [5, 5.41) is 20.7. The second-order valence-electron chi connectivity index (χ2n) is 21.5. The van der Waals surface area contributed by atoms with Crippen molar-refractivity contribution < 1.29 is 38.9 Å². The van der Waals surface area contributed by atoms with E-state index in [4.69, 9.17) is 9.47 Å². The van der Waals surface area contributed by atoms with Gasteiger partial charge in [-0.05, 0) is 78.1 Å². The average molecular weight is 1030 g/mol. The molecule has 2 unspecified atom stereocenters. The first-order chi connectivity index (χ1) is 34.1. The maximum atomic E-state index is 12.0. The van der Waals surface area contributed by atoms with E-state index in [1.54, 1.807) is 0 Å². The molecule has 2 atom stereocenters. The molecule has 0 radical (unpaired) electrons. The molecule has 0 bridgehead atoms. The number of rotatable bonds is 56. The first-order valence-corrected chi connectivity index (χ1v) is 30.9. The van der Waals surface area contributed by atoms with E-state index < -0.39 is 11.9 Å². The van der Waals surface area contributed by atoms with Gasteiger partial charge >= 0.3 is 49.7 Å². The van der Waals surface area contributed by atoms with Crippen LogP contribution < -0.4 is 10.2 Å². The fourth-order valence-electron chi connectivity index (χ4n) is 9.49. The number of esters is 2.